The summed E-state index contributed by atoms with van der Waals surface area (Å²) >= 11 is 0. The molecule has 0 unspecified atom stereocenters. The molecule has 0 aromatic heterocycles. The fourth-order valence-electron chi connectivity index (χ4n) is 0. The summed E-state index contributed by atoms with van der Waals surface area (Å²) in [6, 6.07) is 0. The maximum Gasteiger partial charge on any atom is 0.141 e. The number of hydrogen-bond acceptors (Lipinski definition) is 2. The maximum absolute atomic E-state index is 7.22. The van der Waals surface area contributed by atoms with Gasteiger partial charge in [-0.2, -0.15) is 0 Å². The first-order valence-electron chi connectivity index (χ1n) is 0.592. The van der Waals surface area contributed by atoms with Crippen LogP contribution in [0.3, 0.4) is 0 Å². The van der Waals surface area contributed by atoms with Crippen molar-refractivity contribution in [3.63, 3.8) is 0 Å². The van der Waals surface area contributed by atoms with E-state index in [-0.39, 0.29) is 12.4 Å². The van der Waals surface area contributed by atoms with Crippen molar-refractivity contribution in [2.75, 3.05) is 0 Å². The topological polar surface area (TPSA) is 46.2 Å². The first-order chi connectivity index (χ1) is 1.41. The summed E-state index contributed by atoms with van der Waals surface area (Å²) in [5.74, 6) is 0. The molecule has 0 atom stereocenters. The molecule has 0 aromatic rings. The number of nitrogens with two attached hydrogens (primary N) is 1. The van der Waals surface area contributed by atoms with Crippen molar-refractivity contribution < 1.29 is 5.11 Å². The van der Waals surface area contributed by atoms with Crippen LogP contribution >= 0.6 is 12.4 Å². The lowest BCUT2D eigenvalue weighted by atomic mass is 11.4. The smallest absolute Gasteiger partial charge is 0.141 e. The Morgan fingerprint density at radius 3 is 1.75 bits per heavy atom. The van der Waals surface area contributed by atoms with Crippen LogP contribution in [0.15, 0.2) is 0 Å². The average molecular weight is 82.5 g/mol. The quantitative estimate of drug-likeness (QED) is 0.427. The second-order valence-corrected chi connectivity index (χ2v) is 0.149. The Balaban J connectivity index is 0. The molecule has 1 radical (unpaired) electrons. The van der Waals surface area contributed by atoms with E-state index in [9.17, 15) is 0 Å². The van der Waals surface area contributed by atoms with Gasteiger partial charge in [0.05, 0.1) is 0 Å². The minimum Gasteiger partial charge on any atom is -0.375 e. The molecule has 0 amide bonds. The molecule has 0 aromatic carbocycles. The van der Waals surface area contributed by atoms with Crippen molar-refractivity contribution >= 4 is 12.4 Å². The molecule has 0 aliphatic rings. The highest BCUT2D eigenvalue weighted by Gasteiger charge is 1.34. The highest BCUT2D eigenvalue weighted by Crippen LogP contribution is 1.20. The van der Waals surface area contributed by atoms with Crippen LogP contribution in [0.4, 0.5) is 0 Å². The lowest BCUT2D eigenvalue weighted by molar-refractivity contribution is 0.392. The molecular weight excluding hydrogens is 77.5 g/mol. The fraction of sp³-hybridized carbons (Fsp3) is 0. The molecule has 0 aliphatic heterocycles. The molecule has 3 N–H and O–H groups in total. The van der Waals surface area contributed by atoms with Gasteiger partial charge >= 0.3 is 0 Å². The molecule has 0 saturated carbocycles. The predicted molar refractivity (Wildman–Crippen MR) is 17.7 cm³/mol. The number of rotatable bonds is 0. The normalized spacial score (nSPS) is 4.50. The Morgan fingerprint density at radius 2 is 1.75 bits per heavy atom. The second kappa shape index (κ2) is 10.7. The predicted octanol–water partition coefficient (Wildman–Crippen LogP) is -0.141. The minimum absolute atomic E-state index is 0. The highest BCUT2D eigenvalue weighted by molar-refractivity contribution is 5.85. The van der Waals surface area contributed by atoms with E-state index < -0.39 is 0 Å². The molecule has 2 nitrogen and oxygen atoms in total. The third-order valence-corrected chi connectivity index (χ3v) is 0. The fourth-order valence-corrected chi connectivity index (χ4v) is 0. The summed E-state index contributed by atoms with van der Waals surface area (Å²) in [7, 11) is 0. The van der Waals surface area contributed by atoms with Crippen molar-refractivity contribution in [3.05, 3.63) is 6.73 Å². The molecule has 0 spiro atoms. The van der Waals surface area contributed by atoms with Gasteiger partial charge in [-0.1, -0.05) is 0 Å². The molecule has 0 saturated heterocycles. The molecule has 0 bridgehead atoms. The monoisotopic (exact) mass is 82.0 g/mol. The Morgan fingerprint density at radius 1 is 1.75 bits per heavy atom. The molecule has 4 heavy (non-hydrogen) atoms. The number of hydrogen-bond donors (Lipinski definition) is 2. The van der Waals surface area contributed by atoms with Crippen LogP contribution in [0.25, 0.3) is 0 Å². The van der Waals surface area contributed by atoms with Gasteiger partial charge in [0.15, 0.2) is 0 Å². The van der Waals surface area contributed by atoms with Crippen molar-refractivity contribution in [1.82, 2.24) is 0 Å². The van der Waals surface area contributed by atoms with Gasteiger partial charge < -0.3 is 10.8 Å². The Kier molecular flexibility index (Phi) is 23.8. The Hall–Kier alpha value is 0.210. The van der Waals surface area contributed by atoms with Crippen molar-refractivity contribution in [2.24, 2.45) is 5.73 Å². The van der Waals surface area contributed by atoms with E-state index in [1.54, 1.807) is 0 Å². The number of aliphatic hydroxyl groups is 1. The summed E-state index contributed by atoms with van der Waals surface area (Å²) in [6.07, 6.45) is 0. The zero-order chi connectivity index (χ0) is 2.71. The lowest BCUT2D eigenvalue weighted by Crippen LogP contribution is -1.82. The van der Waals surface area contributed by atoms with Gasteiger partial charge in [0, 0.05) is 0 Å². The van der Waals surface area contributed by atoms with Gasteiger partial charge in [-0.05, 0) is 0 Å². The first-order valence-corrected chi connectivity index (χ1v) is 0.592. The highest BCUT2D eigenvalue weighted by atomic mass is 35.5. The van der Waals surface area contributed by atoms with E-state index in [1.807, 2.05) is 0 Å². The largest absolute Gasteiger partial charge is 0.375 e. The Bertz CT molecular complexity index is 8.00. The SMILES string of the molecule is Cl.N[CH]O. The molecule has 27 valence electrons. The van der Waals surface area contributed by atoms with Crippen LogP contribution in [0.1, 0.15) is 0 Å². The van der Waals surface area contributed by atoms with Crippen LogP contribution in [0.2, 0.25) is 0 Å². The van der Waals surface area contributed by atoms with Gasteiger partial charge in [-0.15, -0.1) is 12.4 Å². The molecular formula is CH5ClNO. The summed E-state index contributed by atoms with van der Waals surface area (Å²) in [6.45, 7) is 0.500. The molecule has 0 fully saturated rings. The van der Waals surface area contributed by atoms with E-state index in [2.05, 4.69) is 5.73 Å². The third kappa shape index (κ3) is 73.4. The van der Waals surface area contributed by atoms with Crippen LogP contribution < -0.4 is 5.73 Å². The molecule has 0 aliphatic carbocycles. The minimum atomic E-state index is 0. The number of aliphatic hydroxyl groups excluding tert-OH is 1. The molecule has 0 rings (SSSR count). The molecule has 3 heteroatoms. The Labute approximate surface area is 31.0 Å². The molecule has 0 heterocycles. The average Bonchev–Trinajstić information content (AvgIpc) is 0.918. The van der Waals surface area contributed by atoms with Crippen LogP contribution in [-0.4, -0.2) is 5.11 Å². The summed E-state index contributed by atoms with van der Waals surface area (Å²) in [4.78, 5) is 0. The second-order valence-electron chi connectivity index (χ2n) is 0.149. The van der Waals surface area contributed by atoms with E-state index >= 15 is 0 Å². The van der Waals surface area contributed by atoms with E-state index in [0.29, 0.717) is 6.73 Å². The van der Waals surface area contributed by atoms with E-state index in [1.165, 1.54) is 0 Å². The standard InChI is InChI=1S/CH4NO.ClH/c2-1-3;/h1,3H,2H2;1H. The van der Waals surface area contributed by atoms with Gasteiger partial charge in [-0.25, -0.2) is 0 Å². The zero-order valence-corrected chi connectivity index (χ0v) is 2.83. The number of halogens is 1. The van der Waals surface area contributed by atoms with Crippen molar-refractivity contribution in [2.45, 2.75) is 0 Å². The zero-order valence-electron chi connectivity index (χ0n) is 2.01. The van der Waals surface area contributed by atoms with Crippen LogP contribution in [0, 0.1) is 6.73 Å². The van der Waals surface area contributed by atoms with Gasteiger partial charge in [-0.3, -0.25) is 0 Å². The summed E-state index contributed by atoms with van der Waals surface area (Å²) in [5, 5.41) is 7.22. The first kappa shape index (κ1) is 8.88. The lowest BCUT2D eigenvalue weighted by Gasteiger charge is -1.53. The van der Waals surface area contributed by atoms with Crippen LogP contribution in [0.5, 0.6) is 0 Å². The summed E-state index contributed by atoms with van der Waals surface area (Å²) in [5.41, 5.74) is 4.28. The van der Waals surface area contributed by atoms with Crippen LogP contribution in [-0.2, 0) is 0 Å². The van der Waals surface area contributed by atoms with Gasteiger partial charge in [0.1, 0.15) is 6.73 Å². The summed E-state index contributed by atoms with van der Waals surface area (Å²) < 4.78 is 0. The van der Waals surface area contributed by atoms with Crippen molar-refractivity contribution in [1.29, 1.82) is 0 Å². The third-order valence-electron chi connectivity index (χ3n) is 0. The van der Waals surface area contributed by atoms with Gasteiger partial charge in [0.25, 0.3) is 0 Å². The van der Waals surface area contributed by atoms with E-state index in [4.69, 9.17) is 5.11 Å². The maximum atomic E-state index is 7.22. The van der Waals surface area contributed by atoms with Gasteiger partial charge in [0.2, 0.25) is 0 Å². The van der Waals surface area contributed by atoms with E-state index in [0.717, 1.165) is 0 Å². The van der Waals surface area contributed by atoms with Crippen molar-refractivity contribution in [3.8, 4) is 0 Å².